The lowest BCUT2D eigenvalue weighted by molar-refractivity contribution is -0.128. The second-order valence-corrected chi connectivity index (χ2v) is 5.18. The zero-order valence-corrected chi connectivity index (χ0v) is 13.4. The van der Waals surface area contributed by atoms with E-state index >= 15 is 0 Å². The summed E-state index contributed by atoms with van der Waals surface area (Å²) in [6.45, 7) is 1.18. The van der Waals surface area contributed by atoms with Crippen LogP contribution in [0.1, 0.15) is 60.7 Å². The molecule has 128 valence electrons. The molecule has 7 heteroatoms. The molecule has 0 saturated heterocycles. The Labute approximate surface area is 139 Å². The van der Waals surface area contributed by atoms with Crippen molar-refractivity contribution in [2.45, 2.75) is 19.3 Å². The summed E-state index contributed by atoms with van der Waals surface area (Å²) >= 11 is 0. The van der Waals surface area contributed by atoms with Crippen LogP contribution in [0.15, 0.2) is 12.1 Å². The Bertz CT molecular complexity index is 626. The molecule has 0 unspecified atom stereocenters. The van der Waals surface area contributed by atoms with E-state index in [0.29, 0.717) is 51.3 Å². The van der Waals surface area contributed by atoms with Crippen LogP contribution in [0.2, 0.25) is 0 Å². The Hall–Kier alpha value is -2.83. The molecular weight excluding hydrogens is 314 g/mol. The normalized spacial score (nSPS) is 9.88. The van der Waals surface area contributed by atoms with Gasteiger partial charge in [0, 0.05) is 30.3 Å². The summed E-state index contributed by atoms with van der Waals surface area (Å²) in [4.78, 5) is 57.0. The maximum absolute atomic E-state index is 12.5. The lowest BCUT2D eigenvalue weighted by atomic mass is 9.99. The molecule has 0 saturated carbocycles. The fourth-order valence-corrected chi connectivity index (χ4v) is 2.20. The van der Waals surface area contributed by atoms with Crippen molar-refractivity contribution >= 4 is 31.2 Å². The predicted octanol–water partition coefficient (Wildman–Crippen LogP) is 1.54. The Balaban J connectivity index is 2.78. The van der Waals surface area contributed by atoms with Crippen molar-refractivity contribution < 1.29 is 28.7 Å². The van der Waals surface area contributed by atoms with Crippen LogP contribution in [0.3, 0.4) is 0 Å². The lowest BCUT2D eigenvalue weighted by Crippen LogP contribution is -2.29. The van der Waals surface area contributed by atoms with E-state index in [1.807, 2.05) is 0 Å². The summed E-state index contributed by atoms with van der Waals surface area (Å²) in [7, 11) is 1.59. The molecule has 0 heterocycles. The Morgan fingerprint density at radius 2 is 1.58 bits per heavy atom. The van der Waals surface area contributed by atoms with Gasteiger partial charge in [-0.2, -0.15) is 0 Å². The van der Waals surface area contributed by atoms with Crippen LogP contribution in [-0.2, 0) is 9.53 Å². The molecular formula is C17H19NO6. The third-order valence-corrected chi connectivity index (χ3v) is 3.54. The Kier molecular flexibility index (Phi) is 8.04. The third kappa shape index (κ3) is 5.12. The molecule has 7 nitrogen and oxygen atoms in total. The van der Waals surface area contributed by atoms with E-state index in [4.69, 9.17) is 0 Å². The summed E-state index contributed by atoms with van der Waals surface area (Å²) in [5.41, 5.74) is 0.295. The van der Waals surface area contributed by atoms with Crippen LogP contribution in [-0.4, -0.2) is 56.3 Å². The van der Waals surface area contributed by atoms with Crippen LogP contribution >= 0.6 is 0 Å². The Morgan fingerprint density at radius 1 is 0.958 bits per heavy atom. The van der Waals surface area contributed by atoms with Crippen LogP contribution in [0.4, 0.5) is 0 Å². The van der Waals surface area contributed by atoms with Gasteiger partial charge in [0.1, 0.15) is 0 Å². The first-order valence-electron chi connectivity index (χ1n) is 7.43. The summed E-state index contributed by atoms with van der Waals surface area (Å²) in [5.74, 6) is -0.401. The molecule has 0 fully saturated rings. The molecule has 24 heavy (non-hydrogen) atoms. The monoisotopic (exact) mass is 333 g/mol. The topological polar surface area (TPSA) is 97.8 Å². The highest BCUT2D eigenvalue weighted by Crippen LogP contribution is 2.16. The van der Waals surface area contributed by atoms with Gasteiger partial charge in [-0.1, -0.05) is 0 Å². The van der Waals surface area contributed by atoms with Crippen molar-refractivity contribution in [1.29, 1.82) is 0 Å². The number of carbonyl (C=O) groups excluding carboxylic acids is 5. The van der Waals surface area contributed by atoms with Crippen LogP contribution in [0.25, 0.3) is 0 Å². The molecule has 0 aromatic heterocycles. The maximum atomic E-state index is 12.5. The number of benzene rings is 1. The van der Waals surface area contributed by atoms with E-state index < -0.39 is 5.91 Å². The van der Waals surface area contributed by atoms with Crippen LogP contribution in [0, 0.1) is 0 Å². The second-order valence-electron chi connectivity index (χ2n) is 5.18. The fourth-order valence-electron chi connectivity index (χ4n) is 2.20. The van der Waals surface area contributed by atoms with E-state index in [-0.39, 0.29) is 22.3 Å². The van der Waals surface area contributed by atoms with Crippen LogP contribution in [0.5, 0.6) is 0 Å². The van der Waals surface area contributed by atoms with Crippen molar-refractivity contribution in [2.75, 3.05) is 20.2 Å². The summed E-state index contributed by atoms with van der Waals surface area (Å²) in [6, 6.07) is 2.50. The van der Waals surface area contributed by atoms with Gasteiger partial charge in [0.25, 0.3) is 12.4 Å². The average molecular weight is 333 g/mol. The van der Waals surface area contributed by atoms with Crippen molar-refractivity contribution in [3.8, 4) is 0 Å². The van der Waals surface area contributed by atoms with Gasteiger partial charge in [0.05, 0.1) is 12.2 Å². The minimum Gasteiger partial charge on any atom is -0.468 e. The highest BCUT2D eigenvalue weighted by Gasteiger charge is 2.18. The lowest BCUT2D eigenvalue weighted by Gasteiger charge is -2.18. The molecule has 1 amide bonds. The number of hydrogen-bond donors (Lipinski definition) is 0. The van der Waals surface area contributed by atoms with Gasteiger partial charge in [0.2, 0.25) is 0 Å². The molecule has 0 spiro atoms. The fraction of sp³-hybridized carbons (Fsp3) is 0.353. The Morgan fingerprint density at radius 3 is 2.17 bits per heavy atom. The summed E-state index contributed by atoms with van der Waals surface area (Å²) in [6.07, 6.45) is 3.60. The SMILES string of the molecule is CN(CCCCCOC=O)C(=O)c1cc(C=O)c(C=O)cc1C=O. The van der Waals surface area contributed by atoms with Crippen molar-refractivity contribution in [3.05, 3.63) is 34.4 Å². The molecule has 0 N–H and O–H groups in total. The van der Waals surface area contributed by atoms with E-state index in [0.717, 1.165) is 6.42 Å². The number of unbranched alkanes of at least 4 members (excludes halogenated alkanes) is 2. The van der Waals surface area contributed by atoms with Gasteiger partial charge in [-0.3, -0.25) is 24.0 Å². The number of aldehydes is 3. The predicted molar refractivity (Wildman–Crippen MR) is 85.4 cm³/mol. The van der Waals surface area contributed by atoms with Crippen molar-refractivity contribution in [2.24, 2.45) is 0 Å². The van der Waals surface area contributed by atoms with Gasteiger partial charge in [0.15, 0.2) is 18.9 Å². The minimum atomic E-state index is -0.401. The first kappa shape index (κ1) is 19.2. The number of rotatable bonds is 11. The molecule has 0 aliphatic carbocycles. The summed E-state index contributed by atoms with van der Waals surface area (Å²) < 4.78 is 4.57. The van der Waals surface area contributed by atoms with Crippen LogP contribution < -0.4 is 0 Å². The molecule has 1 aromatic carbocycles. The zero-order chi connectivity index (χ0) is 17.9. The van der Waals surface area contributed by atoms with Gasteiger partial charge in [-0.25, -0.2) is 0 Å². The number of hydrogen-bond acceptors (Lipinski definition) is 6. The van der Waals surface area contributed by atoms with Gasteiger partial charge >= 0.3 is 0 Å². The highest BCUT2D eigenvalue weighted by atomic mass is 16.5. The maximum Gasteiger partial charge on any atom is 0.293 e. The first-order chi connectivity index (χ1) is 11.6. The largest absolute Gasteiger partial charge is 0.468 e. The molecule has 1 rings (SSSR count). The van der Waals surface area contributed by atoms with E-state index in [1.165, 1.54) is 17.0 Å². The quantitative estimate of drug-likeness (QED) is 0.450. The van der Waals surface area contributed by atoms with Gasteiger partial charge in [-0.15, -0.1) is 0 Å². The minimum absolute atomic E-state index is 0.0679. The molecule has 0 aliphatic heterocycles. The number of carbonyl (C=O) groups is 5. The molecule has 0 atom stereocenters. The number of amides is 1. The van der Waals surface area contributed by atoms with Gasteiger partial charge < -0.3 is 9.64 Å². The molecule has 1 aromatic rings. The second kappa shape index (κ2) is 10.0. The van der Waals surface area contributed by atoms with E-state index in [1.54, 1.807) is 7.05 Å². The van der Waals surface area contributed by atoms with Gasteiger partial charge in [-0.05, 0) is 31.4 Å². The number of ether oxygens (including phenoxy) is 1. The average Bonchev–Trinajstić information content (AvgIpc) is 2.62. The van der Waals surface area contributed by atoms with E-state index in [9.17, 15) is 24.0 Å². The van der Waals surface area contributed by atoms with Crippen molar-refractivity contribution in [3.63, 3.8) is 0 Å². The smallest absolute Gasteiger partial charge is 0.293 e. The standard InChI is InChI=1S/C17H19NO6/c1-18(5-3-2-4-6-24-12-22)17(23)16-8-14(10-20)13(9-19)7-15(16)11-21/h7-12H,2-6H2,1H3. The summed E-state index contributed by atoms with van der Waals surface area (Å²) in [5, 5.41) is 0. The number of nitrogens with zero attached hydrogens (tertiary/aromatic N) is 1. The third-order valence-electron chi connectivity index (χ3n) is 3.54. The molecule has 0 radical (unpaired) electrons. The van der Waals surface area contributed by atoms with E-state index in [2.05, 4.69) is 4.74 Å². The zero-order valence-electron chi connectivity index (χ0n) is 13.4. The highest BCUT2D eigenvalue weighted by molar-refractivity contribution is 6.05. The van der Waals surface area contributed by atoms with Crippen molar-refractivity contribution in [1.82, 2.24) is 4.90 Å². The first-order valence-corrected chi connectivity index (χ1v) is 7.43. The molecule has 0 bridgehead atoms. The molecule has 0 aliphatic rings.